The van der Waals surface area contributed by atoms with E-state index in [9.17, 15) is 13.2 Å². The zero-order chi connectivity index (χ0) is 25.7. The van der Waals surface area contributed by atoms with Gasteiger partial charge >= 0.3 is 0 Å². The van der Waals surface area contributed by atoms with Crippen LogP contribution in [0.3, 0.4) is 0 Å². The Labute approximate surface area is 212 Å². The molecule has 1 amide bonds. The molecular formula is C24H35N7O4S. The van der Waals surface area contributed by atoms with Crippen molar-refractivity contribution < 1.29 is 17.9 Å². The molecule has 2 aliphatic heterocycles. The maximum atomic E-state index is 13.2. The first kappa shape index (κ1) is 24.9. The van der Waals surface area contributed by atoms with Crippen LogP contribution in [0.4, 0.5) is 11.8 Å². The number of aryl methyl sites for hydroxylation is 1. The minimum absolute atomic E-state index is 0.0190. The lowest BCUT2D eigenvalue weighted by Crippen LogP contribution is -2.56. The van der Waals surface area contributed by atoms with Crippen LogP contribution in [0.15, 0.2) is 17.3 Å². The highest BCUT2D eigenvalue weighted by Crippen LogP contribution is 2.40. The van der Waals surface area contributed by atoms with E-state index in [2.05, 4.69) is 15.4 Å². The van der Waals surface area contributed by atoms with Gasteiger partial charge in [-0.1, -0.05) is 12.8 Å². The topological polar surface area (TPSA) is 123 Å². The average molecular weight is 518 g/mol. The van der Waals surface area contributed by atoms with E-state index in [1.165, 1.54) is 10.5 Å². The monoisotopic (exact) mass is 517 g/mol. The largest absolute Gasteiger partial charge is 0.472 e. The Morgan fingerprint density at radius 1 is 1.14 bits per heavy atom. The number of nitrogens with one attached hydrogen (secondary N) is 1. The standard InChI is InChI=1S/C24H35N7O4S/c1-5-30-16(2)20(15-26-30)36(33,34)29-12-10-17(11-13-29)27-23-25-14-19-21(28-23)31(18-8-6-7-9-18)22(32)24(3,4)35-19/h14-15,17-18H,5-13H2,1-4H3,(H,25,27,28). The highest BCUT2D eigenvalue weighted by atomic mass is 32.2. The van der Waals surface area contributed by atoms with Crippen LogP contribution in [0.1, 0.15) is 65.0 Å². The third kappa shape index (κ3) is 4.34. The number of sulfonamides is 1. The maximum absolute atomic E-state index is 13.2. The number of hydrogen-bond acceptors (Lipinski definition) is 8. The molecule has 2 aromatic heterocycles. The number of ether oxygens (including phenoxy) is 1. The van der Waals surface area contributed by atoms with E-state index in [1.807, 2.05) is 11.8 Å². The number of amides is 1. The molecule has 4 heterocycles. The number of hydrogen-bond donors (Lipinski definition) is 1. The molecule has 0 aromatic carbocycles. The summed E-state index contributed by atoms with van der Waals surface area (Å²) in [4.78, 5) is 24.5. The number of fused-ring (bicyclic) bond motifs is 1. The lowest BCUT2D eigenvalue weighted by Gasteiger charge is -2.40. The van der Waals surface area contributed by atoms with E-state index in [4.69, 9.17) is 9.72 Å². The summed E-state index contributed by atoms with van der Waals surface area (Å²) in [5.74, 6) is 1.38. The number of rotatable bonds is 6. The molecule has 12 heteroatoms. The summed E-state index contributed by atoms with van der Waals surface area (Å²) >= 11 is 0. The van der Waals surface area contributed by atoms with Crippen molar-refractivity contribution in [2.45, 2.75) is 95.3 Å². The third-order valence-corrected chi connectivity index (χ3v) is 9.52. The zero-order valence-corrected chi connectivity index (χ0v) is 22.2. The van der Waals surface area contributed by atoms with Gasteiger partial charge in [0.2, 0.25) is 16.0 Å². The van der Waals surface area contributed by atoms with Crippen LogP contribution in [0.2, 0.25) is 0 Å². The number of carbonyl (C=O) groups is 1. The first-order valence-corrected chi connectivity index (χ1v) is 14.2. The molecule has 3 aliphatic rings. The number of aromatic nitrogens is 4. The molecule has 1 saturated heterocycles. The minimum Gasteiger partial charge on any atom is -0.472 e. The molecule has 1 saturated carbocycles. The van der Waals surface area contributed by atoms with Gasteiger partial charge < -0.3 is 10.1 Å². The molecule has 36 heavy (non-hydrogen) atoms. The van der Waals surface area contributed by atoms with Gasteiger partial charge in [0, 0.05) is 31.7 Å². The molecule has 1 N–H and O–H groups in total. The SMILES string of the molecule is CCn1ncc(S(=O)(=O)N2CCC(Nc3ncc4c(n3)N(C3CCCC3)C(=O)C(C)(C)O4)CC2)c1C. The van der Waals surface area contributed by atoms with Gasteiger partial charge in [0.25, 0.3) is 5.91 Å². The predicted molar refractivity (Wildman–Crippen MR) is 135 cm³/mol. The smallest absolute Gasteiger partial charge is 0.272 e. The molecule has 0 radical (unpaired) electrons. The molecule has 11 nitrogen and oxygen atoms in total. The minimum atomic E-state index is -3.59. The van der Waals surface area contributed by atoms with E-state index >= 15 is 0 Å². The van der Waals surface area contributed by atoms with E-state index in [-0.39, 0.29) is 22.9 Å². The quantitative estimate of drug-likeness (QED) is 0.621. The van der Waals surface area contributed by atoms with Crippen LogP contribution in [-0.2, 0) is 21.4 Å². The second-order valence-corrected chi connectivity index (χ2v) is 12.2. The summed E-state index contributed by atoms with van der Waals surface area (Å²) in [6.07, 6.45) is 8.43. The number of nitrogens with zero attached hydrogens (tertiary/aromatic N) is 6. The predicted octanol–water partition coefficient (Wildman–Crippen LogP) is 2.71. The molecule has 5 rings (SSSR count). The van der Waals surface area contributed by atoms with E-state index in [0.29, 0.717) is 55.7 Å². The lowest BCUT2D eigenvalue weighted by atomic mass is 10.0. The van der Waals surface area contributed by atoms with Crippen molar-refractivity contribution in [1.82, 2.24) is 24.1 Å². The van der Waals surface area contributed by atoms with Gasteiger partial charge in [0.05, 0.1) is 18.1 Å². The van der Waals surface area contributed by atoms with Gasteiger partial charge in [-0.2, -0.15) is 14.4 Å². The van der Waals surface area contributed by atoms with Gasteiger partial charge in [-0.25, -0.2) is 13.4 Å². The van der Waals surface area contributed by atoms with Gasteiger partial charge in [0.15, 0.2) is 17.2 Å². The second kappa shape index (κ2) is 9.29. The van der Waals surface area contributed by atoms with Crippen molar-refractivity contribution in [3.05, 3.63) is 18.1 Å². The summed E-state index contributed by atoms with van der Waals surface area (Å²) in [6, 6.07) is 0.140. The highest BCUT2D eigenvalue weighted by molar-refractivity contribution is 7.89. The average Bonchev–Trinajstić information content (AvgIpc) is 3.50. The first-order chi connectivity index (χ1) is 17.1. The van der Waals surface area contributed by atoms with E-state index in [0.717, 1.165) is 25.7 Å². The van der Waals surface area contributed by atoms with Gasteiger partial charge in [-0.15, -0.1) is 0 Å². The lowest BCUT2D eigenvalue weighted by molar-refractivity contribution is -0.133. The second-order valence-electron chi connectivity index (χ2n) is 10.3. The normalized spacial score (nSPS) is 21.4. The Morgan fingerprint density at radius 2 is 1.83 bits per heavy atom. The van der Waals surface area contributed by atoms with Crippen LogP contribution in [0.5, 0.6) is 5.75 Å². The van der Waals surface area contributed by atoms with E-state index in [1.54, 1.807) is 31.6 Å². The molecule has 0 bridgehead atoms. The van der Waals surface area contributed by atoms with Crippen LogP contribution in [-0.4, -0.2) is 69.2 Å². The van der Waals surface area contributed by atoms with Gasteiger partial charge in [-0.05, 0) is 53.4 Å². The molecular weight excluding hydrogens is 482 g/mol. The molecule has 2 fully saturated rings. The van der Waals surface area contributed by atoms with E-state index < -0.39 is 15.6 Å². The summed E-state index contributed by atoms with van der Waals surface area (Å²) in [5.41, 5.74) is -0.301. The zero-order valence-electron chi connectivity index (χ0n) is 21.4. The summed E-state index contributed by atoms with van der Waals surface area (Å²) in [7, 11) is -3.59. The van der Waals surface area contributed by atoms with Crippen LogP contribution in [0, 0.1) is 6.92 Å². The molecule has 0 spiro atoms. The fourth-order valence-electron chi connectivity index (χ4n) is 5.45. The Bertz CT molecular complexity index is 1250. The Morgan fingerprint density at radius 3 is 2.47 bits per heavy atom. The van der Waals surface area contributed by atoms with Crippen LogP contribution < -0.4 is 15.0 Å². The summed E-state index contributed by atoms with van der Waals surface area (Å²) < 4.78 is 35.5. The van der Waals surface area contributed by atoms with Crippen LogP contribution >= 0.6 is 0 Å². The fourth-order valence-corrected chi connectivity index (χ4v) is 7.07. The number of anilines is 2. The van der Waals surface area contributed by atoms with Crippen molar-refractivity contribution in [3.8, 4) is 5.75 Å². The van der Waals surface area contributed by atoms with Gasteiger partial charge in [0.1, 0.15) is 4.90 Å². The molecule has 0 unspecified atom stereocenters. The third-order valence-electron chi connectivity index (χ3n) is 7.52. The first-order valence-electron chi connectivity index (χ1n) is 12.8. The van der Waals surface area contributed by atoms with Crippen LogP contribution in [0.25, 0.3) is 0 Å². The Hall–Kier alpha value is -2.73. The summed E-state index contributed by atoms with van der Waals surface area (Å²) in [6.45, 7) is 8.70. The molecule has 2 aromatic rings. The van der Waals surface area contributed by atoms with Crippen molar-refractivity contribution in [2.24, 2.45) is 0 Å². The Balaban J connectivity index is 1.29. The number of carbonyl (C=O) groups excluding carboxylic acids is 1. The fraction of sp³-hybridized carbons (Fsp3) is 0.667. The molecule has 0 atom stereocenters. The molecule has 196 valence electrons. The maximum Gasteiger partial charge on any atom is 0.272 e. The highest BCUT2D eigenvalue weighted by Gasteiger charge is 2.45. The van der Waals surface area contributed by atoms with Crippen molar-refractivity contribution in [3.63, 3.8) is 0 Å². The summed E-state index contributed by atoms with van der Waals surface area (Å²) in [5, 5.41) is 7.55. The number of piperidine rings is 1. The van der Waals surface area contributed by atoms with Crippen molar-refractivity contribution in [1.29, 1.82) is 0 Å². The van der Waals surface area contributed by atoms with Crippen molar-refractivity contribution >= 4 is 27.7 Å². The van der Waals surface area contributed by atoms with Gasteiger partial charge in [-0.3, -0.25) is 14.4 Å². The molecule has 1 aliphatic carbocycles. The Kier molecular flexibility index (Phi) is 6.44. The van der Waals surface area contributed by atoms with Crippen molar-refractivity contribution in [2.75, 3.05) is 23.3 Å².